The second-order valence-electron chi connectivity index (χ2n) is 4.98. The Kier molecular flexibility index (Phi) is 4.39. The maximum atomic E-state index is 11.4. The number of rotatable bonds is 6. The van der Waals surface area contributed by atoms with Crippen LogP contribution in [-0.2, 0) is 6.42 Å². The summed E-state index contributed by atoms with van der Waals surface area (Å²) in [4.78, 5) is 11.9. The first-order valence-corrected chi connectivity index (χ1v) is 7.99. The van der Waals surface area contributed by atoms with Crippen LogP contribution < -0.4 is 4.74 Å². The van der Waals surface area contributed by atoms with Gasteiger partial charge in [-0.05, 0) is 42.0 Å². The van der Waals surface area contributed by atoms with E-state index in [0.717, 1.165) is 27.8 Å². The van der Waals surface area contributed by atoms with Crippen LogP contribution in [0.5, 0.6) is 5.75 Å². The van der Waals surface area contributed by atoms with Crippen molar-refractivity contribution in [3.63, 3.8) is 0 Å². The Balaban J connectivity index is 1.70. The highest BCUT2D eigenvalue weighted by molar-refractivity contribution is 7.21. The number of carboxylic acids is 1. The molecule has 0 radical (unpaired) electrons. The van der Waals surface area contributed by atoms with E-state index in [0.29, 0.717) is 17.9 Å². The van der Waals surface area contributed by atoms with E-state index >= 15 is 0 Å². The van der Waals surface area contributed by atoms with Crippen LogP contribution in [0.3, 0.4) is 0 Å². The van der Waals surface area contributed by atoms with Crippen LogP contribution in [-0.4, -0.2) is 17.7 Å². The minimum absolute atomic E-state index is 0.445. The normalized spacial score (nSPS) is 10.7. The van der Waals surface area contributed by atoms with Crippen molar-refractivity contribution in [3.8, 4) is 5.75 Å². The number of ether oxygens (including phenoxy) is 1. The fourth-order valence-corrected chi connectivity index (χ4v) is 3.57. The molecular weight excluding hydrogens is 296 g/mol. The van der Waals surface area contributed by atoms with Gasteiger partial charge in [-0.2, -0.15) is 0 Å². The van der Waals surface area contributed by atoms with E-state index in [4.69, 9.17) is 4.74 Å². The van der Waals surface area contributed by atoms with E-state index in [1.165, 1.54) is 11.3 Å². The number of para-hydroxylation sites is 1. The van der Waals surface area contributed by atoms with Crippen LogP contribution >= 0.6 is 11.3 Å². The van der Waals surface area contributed by atoms with Gasteiger partial charge in [0.2, 0.25) is 0 Å². The van der Waals surface area contributed by atoms with E-state index in [-0.39, 0.29) is 0 Å². The van der Waals surface area contributed by atoms with Gasteiger partial charge in [0.25, 0.3) is 0 Å². The van der Waals surface area contributed by atoms with Gasteiger partial charge in [0, 0.05) is 4.70 Å². The molecule has 0 atom stereocenters. The molecule has 112 valence electrons. The number of fused-ring (bicyclic) bond motifs is 1. The predicted octanol–water partition coefficient (Wildman–Crippen LogP) is 4.61. The van der Waals surface area contributed by atoms with Crippen molar-refractivity contribution >= 4 is 27.4 Å². The lowest BCUT2D eigenvalue weighted by Gasteiger charge is -2.06. The second-order valence-corrected chi connectivity index (χ2v) is 6.03. The number of carboxylic acid groups (broad SMARTS) is 1. The number of aryl methyl sites for hydroxylation is 1. The summed E-state index contributed by atoms with van der Waals surface area (Å²) in [6, 6.07) is 17.5. The van der Waals surface area contributed by atoms with Crippen LogP contribution in [0.2, 0.25) is 0 Å². The molecule has 0 bridgehead atoms. The molecule has 0 fully saturated rings. The van der Waals surface area contributed by atoms with E-state index in [1.807, 2.05) is 54.6 Å². The molecule has 0 aliphatic carbocycles. The van der Waals surface area contributed by atoms with Crippen LogP contribution in [0, 0.1) is 0 Å². The van der Waals surface area contributed by atoms with Crippen molar-refractivity contribution in [2.75, 3.05) is 6.61 Å². The molecule has 0 aliphatic heterocycles. The topological polar surface area (TPSA) is 46.5 Å². The molecule has 0 spiro atoms. The maximum absolute atomic E-state index is 11.4. The summed E-state index contributed by atoms with van der Waals surface area (Å²) < 4.78 is 6.70. The Morgan fingerprint density at radius 1 is 1.05 bits per heavy atom. The van der Waals surface area contributed by atoms with Gasteiger partial charge in [0.1, 0.15) is 10.6 Å². The standard InChI is InChI=1S/C18H16O3S/c19-18(20)17-15(14-9-4-5-11-16(14)22-17)10-6-12-21-13-7-2-1-3-8-13/h1-5,7-9,11H,6,10,12H2,(H,19,20). The molecular formula is C18H16O3S. The summed E-state index contributed by atoms with van der Waals surface area (Å²) in [5.41, 5.74) is 0.921. The summed E-state index contributed by atoms with van der Waals surface area (Å²) in [5, 5.41) is 10.4. The monoisotopic (exact) mass is 312 g/mol. The number of hydrogen-bond acceptors (Lipinski definition) is 3. The van der Waals surface area contributed by atoms with Crippen LogP contribution in [0.1, 0.15) is 21.7 Å². The Bertz CT molecular complexity index is 777. The zero-order chi connectivity index (χ0) is 15.4. The number of thiophene rings is 1. The molecule has 3 nitrogen and oxygen atoms in total. The lowest BCUT2D eigenvalue weighted by molar-refractivity contribution is 0.0701. The molecule has 22 heavy (non-hydrogen) atoms. The van der Waals surface area contributed by atoms with Gasteiger partial charge in [-0.3, -0.25) is 0 Å². The first kappa shape index (κ1) is 14.6. The summed E-state index contributed by atoms with van der Waals surface area (Å²) in [6.07, 6.45) is 1.49. The van der Waals surface area contributed by atoms with Gasteiger partial charge < -0.3 is 9.84 Å². The summed E-state index contributed by atoms with van der Waals surface area (Å²) in [6.45, 7) is 0.577. The van der Waals surface area contributed by atoms with Gasteiger partial charge >= 0.3 is 5.97 Å². The Morgan fingerprint density at radius 3 is 2.55 bits per heavy atom. The van der Waals surface area contributed by atoms with Crippen molar-refractivity contribution in [1.82, 2.24) is 0 Å². The number of carbonyl (C=O) groups is 1. The fourth-order valence-electron chi connectivity index (χ4n) is 2.48. The number of aromatic carboxylic acids is 1. The molecule has 3 aromatic rings. The van der Waals surface area contributed by atoms with E-state index in [2.05, 4.69) is 0 Å². The fraction of sp³-hybridized carbons (Fsp3) is 0.167. The second kappa shape index (κ2) is 6.62. The van der Waals surface area contributed by atoms with Crippen molar-refractivity contribution in [2.24, 2.45) is 0 Å². The summed E-state index contributed by atoms with van der Waals surface area (Å²) >= 11 is 1.35. The number of hydrogen-bond donors (Lipinski definition) is 1. The minimum Gasteiger partial charge on any atom is -0.494 e. The lowest BCUT2D eigenvalue weighted by atomic mass is 10.1. The maximum Gasteiger partial charge on any atom is 0.346 e. The van der Waals surface area contributed by atoms with Crippen molar-refractivity contribution in [2.45, 2.75) is 12.8 Å². The Hall–Kier alpha value is -2.33. The highest BCUT2D eigenvalue weighted by atomic mass is 32.1. The zero-order valence-corrected chi connectivity index (χ0v) is 12.8. The summed E-state index contributed by atoms with van der Waals surface area (Å²) in [5.74, 6) is -0.00341. The molecule has 0 saturated heterocycles. The van der Waals surface area contributed by atoms with Gasteiger partial charge in [0.15, 0.2) is 0 Å². The molecule has 0 aliphatic rings. The van der Waals surface area contributed by atoms with Crippen LogP contribution in [0.15, 0.2) is 54.6 Å². The van der Waals surface area contributed by atoms with E-state index < -0.39 is 5.97 Å². The third-order valence-corrected chi connectivity index (χ3v) is 4.68. The van der Waals surface area contributed by atoms with E-state index in [9.17, 15) is 9.90 Å². The molecule has 1 aromatic heterocycles. The van der Waals surface area contributed by atoms with Gasteiger partial charge in [-0.1, -0.05) is 36.4 Å². The minimum atomic E-state index is -0.847. The molecule has 1 N–H and O–H groups in total. The average molecular weight is 312 g/mol. The van der Waals surface area contributed by atoms with E-state index in [1.54, 1.807) is 0 Å². The highest BCUT2D eigenvalue weighted by Gasteiger charge is 2.16. The number of benzene rings is 2. The smallest absolute Gasteiger partial charge is 0.346 e. The van der Waals surface area contributed by atoms with Crippen LogP contribution in [0.25, 0.3) is 10.1 Å². The molecule has 1 heterocycles. The Morgan fingerprint density at radius 2 is 1.77 bits per heavy atom. The third kappa shape index (κ3) is 3.12. The summed E-state index contributed by atoms with van der Waals surface area (Å²) in [7, 11) is 0. The quantitative estimate of drug-likeness (QED) is 0.676. The SMILES string of the molecule is O=C(O)c1sc2ccccc2c1CCCOc1ccccc1. The highest BCUT2D eigenvalue weighted by Crippen LogP contribution is 2.32. The zero-order valence-electron chi connectivity index (χ0n) is 12.0. The van der Waals surface area contributed by atoms with Crippen molar-refractivity contribution in [1.29, 1.82) is 0 Å². The van der Waals surface area contributed by atoms with Crippen molar-refractivity contribution in [3.05, 3.63) is 65.0 Å². The average Bonchev–Trinajstić information content (AvgIpc) is 2.92. The van der Waals surface area contributed by atoms with Gasteiger partial charge in [-0.25, -0.2) is 4.79 Å². The largest absolute Gasteiger partial charge is 0.494 e. The first-order chi connectivity index (χ1) is 10.8. The predicted molar refractivity (Wildman–Crippen MR) is 89.0 cm³/mol. The van der Waals surface area contributed by atoms with Crippen molar-refractivity contribution < 1.29 is 14.6 Å². The molecule has 0 saturated carbocycles. The Labute approximate surface area is 132 Å². The van der Waals surface area contributed by atoms with Crippen LogP contribution in [0.4, 0.5) is 0 Å². The molecule has 2 aromatic carbocycles. The molecule has 3 rings (SSSR count). The first-order valence-electron chi connectivity index (χ1n) is 7.17. The molecule has 0 unspecified atom stereocenters. The molecule has 4 heteroatoms. The lowest BCUT2D eigenvalue weighted by Crippen LogP contribution is -2.02. The molecule has 0 amide bonds. The van der Waals surface area contributed by atoms with Gasteiger partial charge in [-0.15, -0.1) is 11.3 Å². The third-order valence-electron chi connectivity index (χ3n) is 3.48. The van der Waals surface area contributed by atoms with Gasteiger partial charge in [0.05, 0.1) is 6.61 Å².